The maximum Gasteiger partial charge on any atom is 0.490 e. The number of carbonyl (C=O) groups excluding carboxylic acids is 1. The van der Waals surface area contributed by atoms with Crippen molar-refractivity contribution in [2.45, 2.75) is 24.6 Å². The summed E-state index contributed by atoms with van der Waals surface area (Å²) in [5.41, 5.74) is 0.0327. The summed E-state index contributed by atoms with van der Waals surface area (Å²) in [6, 6.07) is 3.65. The smallest absolute Gasteiger partial charge is 0.475 e. The summed E-state index contributed by atoms with van der Waals surface area (Å²) in [6.45, 7) is 1.33. The number of aromatic nitrogens is 2. The molecule has 1 aliphatic heterocycles. The van der Waals surface area contributed by atoms with E-state index in [-0.39, 0.29) is 24.3 Å². The van der Waals surface area contributed by atoms with Gasteiger partial charge in [-0.25, -0.2) is 9.18 Å². The molecule has 178 valence electrons. The molecule has 1 unspecified atom stereocenters. The Morgan fingerprint density at radius 2 is 1.84 bits per heavy atom. The number of hydrogen-bond acceptors (Lipinski definition) is 5. The largest absolute Gasteiger partial charge is 0.490 e. The third-order valence-electron chi connectivity index (χ3n) is 4.26. The summed E-state index contributed by atoms with van der Waals surface area (Å²) in [4.78, 5) is 20.7. The number of fused-ring (bicyclic) bond motifs is 1. The van der Waals surface area contributed by atoms with Gasteiger partial charge in [0.05, 0.1) is 18.1 Å². The summed E-state index contributed by atoms with van der Waals surface area (Å²) < 4.78 is 84.5. The van der Waals surface area contributed by atoms with Crippen LogP contribution >= 0.6 is 0 Å². The van der Waals surface area contributed by atoms with E-state index in [1.54, 1.807) is 7.05 Å². The quantitative estimate of drug-likeness (QED) is 0.497. The molecule has 1 amide bonds. The lowest BCUT2D eigenvalue weighted by molar-refractivity contribution is -0.192. The highest BCUT2D eigenvalue weighted by Crippen LogP contribution is 2.37. The maximum atomic E-state index is 13.6. The monoisotopic (exact) mass is 473 g/mol. The Kier molecular flexibility index (Phi) is 7.54. The molecule has 1 atom stereocenters. The minimum Gasteiger partial charge on any atom is -0.475 e. The van der Waals surface area contributed by atoms with Crippen molar-refractivity contribution in [1.29, 1.82) is 0 Å². The number of aryl methyl sites for hydroxylation is 1. The van der Waals surface area contributed by atoms with Crippen molar-refractivity contribution in [3.05, 3.63) is 23.8 Å². The molecule has 8 nitrogen and oxygen atoms in total. The summed E-state index contributed by atoms with van der Waals surface area (Å²) in [5, 5.41) is 20.2. The van der Waals surface area contributed by atoms with Gasteiger partial charge in [0.25, 0.3) is 0 Å². The molecule has 0 bridgehead atoms. The van der Waals surface area contributed by atoms with Crippen LogP contribution in [-0.4, -0.2) is 64.8 Å². The molecular weight excluding hydrogens is 455 g/mol. The lowest BCUT2D eigenvalue weighted by atomic mass is 10.1. The predicted octanol–water partition coefficient (Wildman–Crippen LogP) is 2.28. The summed E-state index contributed by atoms with van der Waals surface area (Å²) in [7, 11) is 1.62. The van der Waals surface area contributed by atoms with E-state index in [1.807, 2.05) is 0 Å². The first-order valence-corrected chi connectivity index (χ1v) is 8.91. The average Bonchev–Trinajstić information content (AvgIpc) is 2.96. The fraction of sp³-hybridized carbons (Fsp3) is 0.471. The molecule has 1 saturated heterocycles. The lowest BCUT2D eigenvalue weighted by Crippen LogP contribution is -2.57. The summed E-state index contributed by atoms with van der Waals surface area (Å²) in [6.07, 6.45) is -13.1. The zero-order valence-electron chi connectivity index (χ0n) is 16.3. The second-order valence-corrected chi connectivity index (χ2v) is 6.73. The molecule has 1 fully saturated rings. The van der Waals surface area contributed by atoms with E-state index >= 15 is 0 Å². The van der Waals surface area contributed by atoms with Crippen molar-refractivity contribution in [2.75, 3.05) is 25.0 Å². The Balaban J connectivity index is 0.000000451. The number of halogens is 7. The van der Waals surface area contributed by atoms with E-state index in [0.717, 1.165) is 12.1 Å². The molecule has 3 rings (SSSR count). The van der Waals surface area contributed by atoms with Gasteiger partial charge in [0.15, 0.2) is 5.82 Å². The second kappa shape index (κ2) is 9.58. The fourth-order valence-corrected chi connectivity index (χ4v) is 2.59. The number of carbonyl (C=O) groups is 2. The number of anilines is 1. The van der Waals surface area contributed by atoms with E-state index in [4.69, 9.17) is 9.90 Å². The molecule has 0 radical (unpaired) electrons. The first kappa shape index (κ1) is 25.2. The van der Waals surface area contributed by atoms with Gasteiger partial charge < -0.3 is 21.1 Å². The van der Waals surface area contributed by atoms with Gasteiger partial charge in [-0.05, 0) is 17.7 Å². The molecule has 1 aromatic carbocycles. The number of nitrogens with one attached hydrogen (secondary N) is 3. The van der Waals surface area contributed by atoms with Gasteiger partial charge in [-0.15, -0.1) is 0 Å². The van der Waals surface area contributed by atoms with E-state index in [9.17, 15) is 35.5 Å². The first-order chi connectivity index (χ1) is 14.7. The Morgan fingerprint density at radius 3 is 2.31 bits per heavy atom. The van der Waals surface area contributed by atoms with Gasteiger partial charge in [-0.2, -0.15) is 31.4 Å². The zero-order valence-corrected chi connectivity index (χ0v) is 16.3. The van der Waals surface area contributed by atoms with Crippen LogP contribution in [0, 0.1) is 0 Å². The minimum absolute atomic E-state index is 0.0782. The van der Waals surface area contributed by atoms with Crippen LogP contribution in [-0.2, 0) is 16.6 Å². The number of hydrogen-bond donors (Lipinski definition) is 4. The van der Waals surface area contributed by atoms with Crippen LogP contribution in [0.1, 0.15) is 11.7 Å². The third kappa shape index (κ3) is 6.45. The Bertz CT molecular complexity index is 970. The normalized spacial score (nSPS) is 15.4. The van der Waals surface area contributed by atoms with Crippen LogP contribution in [0.3, 0.4) is 0 Å². The highest BCUT2D eigenvalue weighted by Gasteiger charge is 2.41. The predicted molar refractivity (Wildman–Crippen MR) is 97.6 cm³/mol. The van der Waals surface area contributed by atoms with E-state index < -0.39 is 30.1 Å². The van der Waals surface area contributed by atoms with Gasteiger partial charge in [-0.1, -0.05) is 6.07 Å². The molecule has 0 saturated carbocycles. The standard InChI is InChI=1S/C15H17F4N5O.C2HF3O2/c1-24-11-3-2-8(13(16)15(17,18)19)4-10(11)14(23-24)21-7-12(25)22-9-5-20-6-9;3-2(4,5)1(6)7/h2-4,9,13,20H,5-7H2,1H3,(H,21,23)(H,22,25);(H,6,7). The first-order valence-electron chi connectivity index (χ1n) is 8.91. The van der Waals surface area contributed by atoms with Crippen LogP contribution in [0.2, 0.25) is 0 Å². The minimum atomic E-state index is -5.08. The van der Waals surface area contributed by atoms with Crippen LogP contribution < -0.4 is 16.0 Å². The van der Waals surface area contributed by atoms with E-state index in [1.165, 1.54) is 10.7 Å². The number of alkyl halides is 7. The lowest BCUT2D eigenvalue weighted by Gasteiger charge is -2.27. The summed E-state index contributed by atoms with van der Waals surface area (Å²) >= 11 is 0. The van der Waals surface area contributed by atoms with Crippen LogP contribution in [0.5, 0.6) is 0 Å². The molecule has 1 aliphatic rings. The molecule has 15 heteroatoms. The van der Waals surface area contributed by atoms with Crippen molar-refractivity contribution in [1.82, 2.24) is 20.4 Å². The van der Waals surface area contributed by atoms with Crippen molar-refractivity contribution in [2.24, 2.45) is 7.05 Å². The van der Waals surface area contributed by atoms with Crippen molar-refractivity contribution >= 4 is 28.6 Å². The highest BCUT2D eigenvalue weighted by molar-refractivity contribution is 5.92. The number of nitrogens with zero attached hydrogens (tertiary/aromatic N) is 2. The third-order valence-corrected chi connectivity index (χ3v) is 4.26. The van der Waals surface area contributed by atoms with E-state index in [2.05, 4.69) is 21.0 Å². The van der Waals surface area contributed by atoms with Crippen molar-refractivity contribution in [3.8, 4) is 0 Å². The van der Waals surface area contributed by atoms with Gasteiger partial charge in [0.2, 0.25) is 12.1 Å². The van der Waals surface area contributed by atoms with Gasteiger partial charge in [-0.3, -0.25) is 9.48 Å². The molecule has 2 aromatic rings. The number of carboxylic acid groups (broad SMARTS) is 1. The second-order valence-electron chi connectivity index (χ2n) is 6.73. The Labute approximate surface area is 175 Å². The number of rotatable bonds is 5. The van der Waals surface area contributed by atoms with Crippen molar-refractivity contribution in [3.63, 3.8) is 0 Å². The molecule has 0 spiro atoms. The summed E-state index contributed by atoms with van der Waals surface area (Å²) in [5.74, 6) is -2.77. The van der Waals surface area contributed by atoms with Crippen molar-refractivity contribution < 1.29 is 45.4 Å². The maximum absolute atomic E-state index is 13.6. The molecule has 2 heterocycles. The van der Waals surface area contributed by atoms with Gasteiger partial charge in [0.1, 0.15) is 0 Å². The number of benzene rings is 1. The van der Waals surface area contributed by atoms with Crippen LogP contribution in [0.25, 0.3) is 10.9 Å². The fourth-order valence-electron chi connectivity index (χ4n) is 2.59. The Hall–Kier alpha value is -3.10. The number of carboxylic acids is 1. The van der Waals surface area contributed by atoms with Crippen LogP contribution in [0.15, 0.2) is 18.2 Å². The average molecular weight is 473 g/mol. The molecule has 0 aliphatic carbocycles. The highest BCUT2D eigenvalue weighted by atomic mass is 19.4. The topological polar surface area (TPSA) is 108 Å². The SMILES string of the molecule is Cn1nc(NCC(=O)NC2CNC2)c2cc(C(F)C(F)(F)F)ccc21.O=C(O)C(F)(F)F. The molecule has 32 heavy (non-hydrogen) atoms. The number of amides is 1. The van der Waals surface area contributed by atoms with E-state index in [0.29, 0.717) is 24.0 Å². The number of aliphatic carboxylic acids is 1. The zero-order chi connectivity index (χ0) is 24.3. The van der Waals surface area contributed by atoms with Gasteiger partial charge in [0, 0.05) is 25.5 Å². The molecule has 1 aromatic heterocycles. The Morgan fingerprint density at radius 1 is 1.25 bits per heavy atom. The molecule has 4 N–H and O–H groups in total. The van der Waals surface area contributed by atoms with Gasteiger partial charge >= 0.3 is 18.3 Å². The van der Waals surface area contributed by atoms with Crippen LogP contribution in [0.4, 0.5) is 36.6 Å². The molecular formula is C17H18F7N5O3.